The van der Waals surface area contributed by atoms with E-state index in [-0.39, 0.29) is 0 Å². The van der Waals surface area contributed by atoms with Crippen LogP contribution in [0.25, 0.3) is 11.1 Å². The summed E-state index contributed by atoms with van der Waals surface area (Å²) in [6, 6.07) is 19.3. The van der Waals surface area contributed by atoms with Crippen LogP contribution >= 0.6 is 7.14 Å². The van der Waals surface area contributed by atoms with Gasteiger partial charge in [-0.2, -0.15) is 0 Å². The third-order valence-electron chi connectivity index (χ3n) is 6.59. The molecule has 4 rings (SSSR count). The van der Waals surface area contributed by atoms with E-state index in [1.54, 1.807) is 0 Å². The average Bonchev–Trinajstić information content (AvgIpc) is 2.75. The normalized spacial score (nSPS) is 20.2. The van der Waals surface area contributed by atoms with Crippen LogP contribution in [-0.2, 0) is 4.57 Å². The van der Waals surface area contributed by atoms with Gasteiger partial charge >= 0.3 is 0 Å². The fourth-order valence-corrected chi connectivity index (χ4v) is 9.55. The van der Waals surface area contributed by atoms with Crippen LogP contribution in [0.3, 0.4) is 0 Å². The first-order chi connectivity index (χ1) is 12.8. The standard InChI is InChI=1S/C24H31OP/c25-26(22-14-6-2-7-15-22,23-16-8-3-9-17-23)24-18-10-13-21(19-24)20-11-4-1-5-12-20/h1,4-5,10-13,18-19,22-23H,2-3,6-9,14-17H2. The van der Waals surface area contributed by atoms with Crippen molar-refractivity contribution in [3.05, 3.63) is 54.6 Å². The highest BCUT2D eigenvalue weighted by molar-refractivity contribution is 7.73. The molecule has 0 bridgehead atoms. The van der Waals surface area contributed by atoms with Crippen LogP contribution in [0.1, 0.15) is 64.2 Å². The molecule has 138 valence electrons. The topological polar surface area (TPSA) is 17.1 Å². The van der Waals surface area contributed by atoms with Crippen molar-refractivity contribution in [2.24, 2.45) is 0 Å². The predicted octanol–water partition coefficient (Wildman–Crippen LogP) is 7.01. The molecule has 0 atom stereocenters. The van der Waals surface area contributed by atoms with Gasteiger partial charge in [-0.25, -0.2) is 0 Å². The zero-order valence-electron chi connectivity index (χ0n) is 15.8. The smallest absolute Gasteiger partial charge is 0.121 e. The number of hydrogen-bond donors (Lipinski definition) is 0. The van der Waals surface area contributed by atoms with Crippen molar-refractivity contribution in [2.75, 3.05) is 0 Å². The lowest BCUT2D eigenvalue weighted by molar-refractivity contribution is 0.453. The van der Waals surface area contributed by atoms with Crippen molar-refractivity contribution in [1.29, 1.82) is 0 Å². The van der Waals surface area contributed by atoms with Gasteiger partial charge in [-0.1, -0.05) is 87.1 Å². The van der Waals surface area contributed by atoms with Crippen molar-refractivity contribution >= 4 is 12.4 Å². The lowest BCUT2D eigenvalue weighted by Crippen LogP contribution is -2.29. The Bertz CT molecular complexity index is 733. The SMILES string of the molecule is O=P(c1cccc(-c2ccccc2)c1)(C1CCCCC1)C1CCCCC1. The van der Waals surface area contributed by atoms with Crippen LogP contribution in [-0.4, -0.2) is 11.3 Å². The van der Waals surface area contributed by atoms with Gasteiger partial charge in [0.05, 0.1) is 0 Å². The molecule has 2 aromatic rings. The Morgan fingerprint density at radius 1 is 0.615 bits per heavy atom. The summed E-state index contributed by atoms with van der Waals surface area (Å²) in [4.78, 5) is 0. The molecule has 2 aliphatic carbocycles. The maximum absolute atomic E-state index is 14.7. The van der Waals surface area contributed by atoms with E-state index in [2.05, 4.69) is 54.6 Å². The predicted molar refractivity (Wildman–Crippen MR) is 113 cm³/mol. The van der Waals surface area contributed by atoms with Gasteiger partial charge in [-0.3, -0.25) is 0 Å². The summed E-state index contributed by atoms with van der Waals surface area (Å²) in [5.41, 5.74) is 3.29. The molecular weight excluding hydrogens is 335 g/mol. The molecule has 0 amide bonds. The Hall–Kier alpha value is -1.33. The number of benzene rings is 2. The van der Waals surface area contributed by atoms with E-state index in [1.807, 2.05) is 0 Å². The highest BCUT2D eigenvalue weighted by atomic mass is 31.2. The molecule has 0 unspecified atom stereocenters. The van der Waals surface area contributed by atoms with Crippen molar-refractivity contribution in [2.45, 2.75) is 75.5 Å². The summed E-state index contributed by atoms with van der Waals surface area (Å²) in [6.07, 6.45) is 12.4. The Labute approximate surface area is 158 Å². The van der Waals surface area contributed by atoms with Gasteiger partial charge in [-0.15, -0.1) is 0 Å². The fourth-order valence-electron chi connectivity index (χ4n) is 5.18. The molecule has 2 fully saturated rings. The maximum Gasteiger partial charge on any atom is 0.121 e. The summed E-state index contributed by atoms with van der Waals surface area (Å²) in [6.45, 7) is 0. The minimum absolute atomic E-state index is 0.422. The highest BCUT2D eigenvalue weighted by Gasteiger charge is 2.42. The van der Waals surface area contributed by atoms with Crippen LogP contribution in [0.4, 0.5) is 0 Å². The average molecular weight is 366 g/mol. The monoisotopic (exact) mass is 366 g/mol. The van der Waals surface area contributed by atoms with E-state index in [4.69, 9.17) is 0 Å². The number of rotatable bonds is 4. The van der Waals surface area contributed by atoms with Gasteiger partial charge in [0.15, 0.2) is 0 Å². The largest absolute Gasteiger partial charge is 0.318 e. The summed E-state index contributed by atoms with van der Waals surface area (Å²) in [5, 5.41) is 1.16. The van der Waals surface area contributed by atoms with Gasteiger partial charge in [0, 0.05) is 16.6 Å². The van der Waals surface area contributed by atoms with E-state index in [0.717, 1.165) is 5.30 Å². The van der Waals surface area contributed by atoms with Crippen molar-refractivity contribution < 1.29 is 4.57 Å². The van der Waals surface area contributed by atoms with Crippen LogP contribution in [0, 0.1) is 0 Å². The molecule has 0 N–H and O–H groups in total. The highest BCUT2D eigenvalue weighted by Crippen LogP contribution is 2.61. The second kappa shape index (κ2) is 8.13. The second-order valence-corrected chi connectivity index (χ2v) is 11.6. The second-order valence-electron chi connectivity index (χ2n) is 8.21. The Balaban J connectivity index is 1.75. The zero-order valence-corrected chi connectivity index (χ0v) is 16.7. The van der Waals surface area contributed by atoms with Crippen LogP contribution < -0.4 is 5.30 Å². The molecular formula is C24H31OP. The lowest BCUT2D eigenvalue weighted by Gasteiger charge is -2.38. The molecule has 0 spiro atoms. The molecule has 2 aliphatic rings. The Morgan fingerprint density at radius 3 is 1.73 bits per heavy atom. The maximum atomic E-state index is 14.7. The molecule has 2 saturated carbocycles. The fraction of sp³-hybridized carbons (Fsp3) is 0.500. The van der Waals surface area contributed by atoms with Crippen LogP contribution in [0.5, 0.6) is 0 Å². The summed E-state index contributed by atoms with van der Waals surface area (Å²) in [7, 11) is -2.37. The first-order valence-electron chi connectivity index (χ1n) is 10.5. The first-order valence-corrected chi connectivity index (χ1v) is 12.4. The molecule has 0 heterocycles. The quantitative estimate of drug-likeness (QED) is 0.532. The van der Waals surface area contributed by atoms with Gasteiger partial charge in [-0.05, 0) is 42.9 Å². The van der Waals surface area contributed by atoms with E-state index in [1.165, 1.54) is 75.3 Å². The van der Waals surface area contributed by atoms with Gasteiger partial charge in [0.1, 0.15) is 7.14 Å². The van der Waals surface area contributed by atoms with Gasteiger partial charge < -0.3 is 4.57 Å². The van der Waals surface area contributed by atoms with E-state index in [0.29, 0.717) is 11.3 Å². The summed E-state index contributed by atoms with van der Waals surface area (Å²) < 4.78 is 14.7. The molecule has 0 aromatic heterocycles. The summed E-state index contributed by atoms with van der Waals surface area (Å²) >= 11 is 0. The molecule has 0 saturated heterocycles. The minimum atomic E-state index is -2.37. The van der Waals surface area contributed by atoms with Crippen molar-refractivity contribution in [3.8, 4) is 11.1 Å². The molecule has 1 nitrogen and oxygen atoms in total. The van der Waals surface area contributed by atoms with E-state index in [9.17, 15) is 4.57 Å². The first kappa shape index (κ1) is 18.1. The Kier molecular flexibility index (Phi) is 5.65. The van der Waals surface area contributed by atoms with Gasteiger partial charge in [0.25, 0.3) is 0 Å². The molecule has 2 aromatic carbocycles. The lowest BCUT2D eigenvalue weighted by atomic mass is 9.99. The van der Waals surface area contributed by atoms with Crippen molar-refractivity contribution in [1.82, 2.24) is 0 Å². The number of hydrogen-bond acceptors (Lipinski definition) is 1. The third kappa shape index (κ3) is 3.56. The van der Waals surface area contributed by atoms with Gasteiger partial charge in [0.2, 0.25) is 0 Å². The van der Waals surface area contributed by atoms with Crippen LogP contribution in [0.15, 0.2) is 54.6 Å². The van der Waals surface area contributed by atoms with E-state index >= 15 is 0 Å². The van der Waals surface area contributed by atoms with Crippen molar-refractivity contribution in [3.63, 3.8) is 0 Å². The molecule has 0 aliphatic heterocycles. The third-order valence-corrected chi connectivity index (χ3v) is 10.9. The van der Waals surface area contributed by atoms with E-state index < -0.39 is 7.14 Å². The molecule has 0 radical (unpaired) electrons. The Morgan fingerprint density at radius 2 is 1.15 bits per heavy atom. The summed E-state index contributed by atoms with van der Waals surface area (Å²) in [5.74, 6) is 0. The molecule has 2 heteroatoms. The molecule has 26 heavy (non-hydrogen) atoms. The minimum Gasteiger partial charge on any atom is -0.318 e. The van der Waals surface area contributed by atoms with Crippen LogP contribution in [0.2, 0.25) is 0 Å². The zero-order chi connectivity index (χ0) is 17.8.